The number of nitrogens with two attached hydrogens (primary N) is 1. The van der Waals surface area contributed by atoms with Crippen molar-refractivity contribution in [3.63, 3.8) is 0 Å². The molecule has 0 aliphatic heterocycles. The van der Waals surface area contributed by atoms with Gasteiger partial charge in [0.1, 0.15) is 0 Å². The SMILES string of the molecule is COC(OC)C(N)Cc1ccc(Br)cc1. The summed E-state index contributed by atoms with van der Waals surface area (Å²) in [6, 6.07) is 7.91. The molecule has 1 aromatic rings. The lowest BCUT2D eigenvalue weighted by Gasteiger charge is -2.20. The molecule has 4 heteroatoms. The van der Waals surface area contributed by atoms with Gasteiger partial charge in [-0.3, -0.25) is 0 Å². The van der Waals surface area contributed by atoms with E-state index < -0.39 is 0 Å². The van der Waals surface area contributed by atoms with Crippen LogP contribution in [0, 0.1) is 0 Å². The van der Waals surface area contributed by atoms with Crippen LogP contribution in [-0.4, -0.2) is 26.6 Å². The quantitative estimate of drug-likeness (QED) is 0.834. The normalized spacial score (nSPS) is 13.1. The molecule has 1 aromatic carbocycles. The molecule has 0 bridgehead atoms. The van der Waals surface area contributed by atoms with Crippen LogP contribution in [-0.2, 0) is 15.9 Å². The third-order valence-electron chi connectivity index (χ3n) is 2.20. The second-order valence-corrected chi connectivity index (χ2v) is 4.25. The third kappa shape index (κ3) is 3.91. The van der Waals surface area contributed by atoms with Gasteiger partial charge in [0, 0.05) is 18.7 Å². The van der Waals surface area contributed by atoms with Crippen LogP contribution in [0.2, 0.25) is 0 Å². The van der Waals surface area contributed by atoms with Crippen LogP contribution in [0.1, 0.15) is 5.56 Å². The summed E-state index contributed by atoms with van der Waals surface area (Å²) in [5.74, 6) is 0. The van der Waals surface area contributed by atoms with Gasteiger partial charge < -0.3 is 15.2 Å². The van der Waals surface area contributed by atoms with Gasteiger partial charge in [0.05, 0.1) is 6.04 Å². The molecular formula is C11H16BrNO2. The van der Waals surface area contributed by atoms with Gasteiger partial charge in [0.25, 0.3) is 0 Å². The standard InChI is InChI=1S/C11H16BrNO2/c1-14-11(15-2)10(13)7-8-3-5-9(12)6-4-8/h3-6,10-11H,7,13H2,1-2H3. The first-order chi connectivity index (χ1) is 7.17. The van der Waals surface area contributed by atoms with Gasteiger partial charge in [-0.1, -0.05) is 28.1 Å². The minimum atomic E-state index is -0.353. The van der Waals surface area contributed by atoms with E-state index in [4.69, 9.17) is 15.2 Å². The van der Waals surface area contributed by atoms with E-state index in [0.29, 0.717) is 0 Å². The van der Waals surface area contributed by atoms with Crippen molar-refractivity contribution in [1.82, 2.24) is 0 Å². The van der Waals surface area contributed by atoms with Gasteiger partial charge in [-0.05, 0) is 24.1 Å². The van der Waals surface area contributed by atoms with Gasteiger partial charge in [-0.2, -0.15) is 0 Å². The maximum atomic E-state index is 5.95. The highest BCUT2D eigenvalue weighted by Gasteiger charge is 2.16. The number of methoxy groups -OCH3 is 2. The van der Waals surface area contributed by atoms with Crippen LogP contribution in [0.25, 0.3) is 0 Å². The summed E-state index contributed by atoms with van der Waals surface area (Å²) in [5.41, 5.74) is 7.12. The van der Waals surface area contributed by atoms with E-state index in [1.165, 1.54) is 5.56 Å². The number of hydrogen-bond acceptors (Lipinski definition) is 3. The number of ether oxygens (including phenoxy) is 2. The molecule has 0 saturated carbocycles. The second-order valence-electron chi connectivity index (χ2n) is 3.33. The molecular weight excluding hydrogens is 258 g/mol. The first-order valence-corrected chi connectivity index (χ1v) is 5.52. The van der Waals surface area contributed by atoms with Crippen molar-refractivity contribution in [3.8, 4) is 0 Å². The van der Waals surface area contributed by atoms with Crippen LogP contribution in [0.5, 0.6) is 0 Å². The van der Waals surface area contributed by atoms with Gasteiger partial charge in [-0.25, -0.2) is 0 Å². The van der Waals surface area contributed by atoms with Gasteiger partial charge in [-0.15, -0.1) is 0 Å². The molecule has 0 aliphatic carbocycles. The molecule has 15 heavy (non-hydrogen) atoms. The van der Waals surface area contributed by atoms with Crippen molar-refractivity contribution in [2.24, 2.45) is 5.73 Å². The zero-order valence-electron chi connectivity index (χ0n) is 8.94. The van der Waals surface area contributed by atoms with Crippen LogP contribution in [0.4, 0.5) is 0 Å². The van der Waals surface area contributed by atoms with Crippen molar-refractivity contribution < 1.29 is 9.47 Å². The summed E-state index contributed by atoms with van der Waals surface area (Å²) in [5, 5.41) is 0. The van der Waals surface area contributed by atoms with E-state index in [2.05, 4.69) is 15.9 Å². The first kappa shape index (κ1) is 12.6. The second kappa shape index (κ2) is 6.23. The molecule has 0 saturated heterocycles. The predicted octanol–water partition coefficient (Wildman–Crippen LogP) is 1.94. The van der Waals surface area contributed by atoms with E-state index in [-0.39, 0.29) is 12.3 Å². The molecule has 0 radical (unpaired) electrons. The fourth-order valence-corrected chi connectivity index (χ4v) is 1.70. The number of benzene rings is 1. The highest BCUT2D eigenvalue weighted by molar-refractivity contribution is 9.10. The molecule has 2 N–H and O–H groups in total. The van der Waals surface area contributed by atoms with E-state index in [1.807, 2.05) is 24.3 Å². The van der Waals surface area contributed by atoms with E-state index in [9.17, 15) is 0 Å². The van der Waals surface area contributed by atoms with E-state index in [0.717, 1.165) is 10.9 Å². The molecule has 3 nitrogen and oxygen atoms in total. The molecule has 0 aliphatic rings. The summed E-state index contributed by atoms with van der Waals surface area (Å²) in [6.45, 7) is 0. The van der Waals surface area contributed by atoms with Crippen LogP contribution in [0.3, 0.4) is 0 Å². The first-order valence-electron chi connectivity index (χ1n) is 4.73. The highest BCUT2D eigenvalue weighted by atomic mass is 79.9. The molecule has 0 amide bonds. The summed E-state index contributed by atoms with van der Waals surface area (Å²) >= 11 is 3.39. The summed E-state index contributed by atoms with van der Waals surface area (Å²) in [7, 11) is 3.19. The van der Waals surface area contributed by atoms with Crippen molar-refractivity contribution in [3.05, 3.63) is 34.3 Å². The Hall–Kier alpha value is -0.420. The topological polar surface area (TPSA) is 44.5 Å². The lowest BCUT2D eigenvalue weighted by atomic mass is 10.1. The minimum absolute atomic E-state index is 0.152. The average Bonchev–Trinajstić information content (AvgIpc) is 2.23. The monoisotopic (exact) mass is 273 g/mol. The molecule has 0 aromatic heterocycles. The highest BCUT2D eigenvalue weighted by Crippen LogP contribution is 2.12. The van der Waals surface area contributed by atoms with Crippen molar-refractivity contribution in [2.45, 2.75) is 18.8 Å². The lowest BCUT2D eigenvalue weighted by molar-refractivity contribution is -0.115. The third-order valence-corrected chi connectivity index (χ3v) is 2.73. The minimum Gasteiger partial charge on any atom is -0.354 e. The summed E-state index contributed by atoms with van der Waals surface area (Å²) in [6.07, 6.45) is 0.383. The number of rotatable bonds is 5. The Morgan fingerprint density at radius 3 is 2.20 bits per heavy atom. The van der Waals surface area contributed by atoms with Crippen LogP contribution >= 0.6 is 15.9 Å². The Kier molecular flexibility index (Phi) is 5.25. The zero-order chi connectivity index (χ0) is 11.3. The zero-order valence-corrected chi connectivity index (χ0v) is 10.5. The maximum Gasteiger partial charge on any atom is 0.172 e. The smallest absolute Gasteiger partial charge is 0.172 e. The molecule has 1 atom stereocenters. The van der Waals surface area contributed by atoms with Gasteiger partial charge in [0.2, 0.25) is 0 Å². The Balaban J connectivity index is 2.57. The fourth-order valence-electron chi connectivity index (χ4n) is 1.43. The molecule has 0 fully saturated rings. The van der Waals surface area contributed by atoms with Crippen molar-refractivity contribution in [2.75, 3.05) is 14.2 Å². The summed E-state index contributed by atoms with van der Waals surface area (Å²) < 4.78 is 11.3. The van der Waals surface area contributed by atoms with E-state index >= 15 is 0 Å². The Bertz CT molecular complexity index is 285. The Labute approximate surface area is 98.7 Å². The van der Waals surface area contributed by atoms with Gasteiger partial charge in [0.15, 0.2) is 6.29 Å². The van der Waals surface area contributed by atoms with E-state index in [1.54, 1.807) is 14.2 Å². The van der Waals surface area contributed by atoms with Gasteiger partial charge >= 0.3 is 0 Å². The Morgan fingerprint density at radius 1 is 1.20 bits per heavy atom. The average molecular weight is 274 g/mol. The molecule has 84 valence electrons. The molecule has 0 heterocycles. The largest absolute Gasteiger partial charge is 0.354 e. The van der Waals surface area contributed by atoms with Crippen molar-refractivity contribution >= 4 is 15.9 Å². The molecule has 0 spiro atoms. The molecule has 1 rings (SSSR count). The fraction of sp³-hybridized carbons (Fsp3) is 0.455. The van der Waals surface area contributed by atoms with Crippen LogP contribution < -0.4 is 5.73 Å². The molecule has 1 unspecified atom stereocenters. The number of hydrogen-bond donors (Lipinski definition) is 1. The predicted molar refractivity (Wildman–Crippen MR) is 63.6 cm³/mol. The van der Waals surface area contributed by atoms with Crippen LogP contribution in [0.15, 0.2) is 28.7 Å². The summed E-state index contributed by atoms with van der Waals surface area (Å²) in [4.78, 5) is 0. The Morgan fingerprint density at radius 2 is 1.73 bits per heavy atom. The lowest BCUT2D eigenvalue weighted by Crippen LogP contribution is -2.39. The van der Waals surface area contributed by atoms with Crippen molar-refractivity contribution in [1.29, 1.82) is 0 Å². The number of halogens is 1. The maximum absolute atomic E-state index is 5.95.